The highest BCUT2D eigenvalue weighted by Crippen LogP contribution is 2.28. The summed E-state index contributed by atoms with van der Waals surface area (Å²) in [5, 5.41) is 25.6. The normalized spacial score (nSPS) is 10.8. The van der Waals surface area contributed by atoms with E-state index in [1.54, 1.807) is 42.5 Å². The number of hydrogen-bond acceptors (Lipinski definition) is 6. The van der Waals surface area contributed by atoms with Gasteiger partial charge in [0.05, 0.1) is 28.6 Å². The van der Waals surface area contributed by atoms with Gasteiger partial charge in [0.15, 0.2) is 5.69 Å². The molecule has 0 saturated heterocycles. The van der Waals surface area contributed by atoms with Crippen LogP contribution >= 0.6 is 11.6 Å². The molecule has 0 fully saturated rings. The fraction of sp³-hybridized carbons (Fsp3) is 0.185. The van der Waals surface area contributed by atoms with Crippen molar-refractivity contribution >= 4 is 29.2 Å². The van der Waals surface area contributed by atoms with E-state index in [4.69, 9.17) is 16.7 Å². The topological polar surface area (TPSA) is 121 Å². The minimum absolute atomic E-state index is 0.00672. The van der Waals surface area contributed by atoms with Crippen molar-refractivity contribution in [3.63, 3.8) is 0 Å². The Bertz CT molecular complexity index is 1420. The predicted molar refractivity (Wildman–Crippen MR) is 141 cm³/mol. The molecule has 4 rings (SSSR count). The van der Waals surface area contributed by atoms with Crippen molar-refractivity contribution in [3.05, 3.63) is 95.0 Å². The van der Waals surface area contributed by atoms with Crippen LogP contribution in [-0.4, -0.2) is 68.0 Å². The maximum Gasteiger partial charge on any atom is 0.274 e. The van der Waals surface area contributed by atoms with E-state index in [-0.39, 0.29) is 54.0 Å². The molecule has 2 amide bonds. The Kier molecular flexibility index (Phi) is 8.80. The van der Waals surface area contributed by atoms with Crippen LogP contribution < -0.4 is 5.32 Å². The Labute approximate surface area is 223 Å². The van der Waals surface area contributed by atoms with Crippen LogP contribution in [0.3, 0.4) is 0 Å². The summed E-state index contributed by atoms with van der Waals surface area (Å²) >= 11 is 6.24. The number of aliphatic hydroxyl groups is 2. The number of aromatic nitrogens is 3. The molecule has 0 atom stereocenters. The molecule has 9 nitrogen and oxygen atoms in total. The van der Waals surface area contributed by atoms with Gasteiger partial charge in [0.25, 0.3) is 11.8 Å². The molecule has 2 aromatic carbocycles. The van der Waals surface area contributed by atoms with Gasteiger partial charge in [0, 0.05) is 37.5 Å². The molecule has 0 spiro atoms. The number of carbonyl (C=O) groups is 2. The third-order valence-electron chi connectivity index (χ3n) is 5.66. The van der Waals surface area contributed by atoms with Gasteiger partial charge in [-0.2, -0.15) is 5.10 Å². The van der Waals surface area contributed by atoms with Gasteiger partial charge >= 0.3 is 0 Å². The number of amides is 2. The lowest BCUT2D eigenvalue weighted by Crippen LogP contribution is -2.35. The predicted octanol–water partition coefficient (Wildman–Crippen LogP) is 3.80. The minimum atomic E-state index is -0.643. The Morgan fingerprint density at radius 1 is 1.00 bits per heavy atom. The highest BCUT2D eigenvalue weighted by Gasteiger charge is 2.23. The Hall–Kier alpha value is -4.12. The number of aliphatic hydroxyl groups excluding tert-OH is 2. The van der Waals surface area contributed by atoms with Crippen LogP contribution in [0.5, 0.6) is 0 Å². The zero-order chi connectivity index (χ0) is 27.1. The first kappa shape index (κ1) is 26.9. The average Bonchev–Trinajstić information content (AvgIpc) is 3.35. The van der Waals surface area contributed by atoms with Crippen molar-refractivity contribution < 1.29 is 24.2 Å². The number of para-hydroxylation sites is 1. The fourth-order valence-electron chi connectivity index (χ4n) is 3.82. The van der Waals surface area contributed by atoms with E-state index in [1.807, 2.05) is 6.07 Å². The van der Waals surface area contributed by atoms with Gasteiger partial charge in [-0.25, -0.2) is 9.07 Å². The van der Waals surface area contributed by atoms with Crippen LogP contribution in [0.2, 0.25) is 5.02 Å². The third-order valence-corrected chi connectivity index (χ3v) is 5.97. The third kappa shape index (κ3) is 6.05. The molecule has 2 aromatic heterocycles. The molecule has 2 heterocycles. The molecular weight excluding hydrogens is 513 g/mol. The van der Waals surface area contributed by atoms with E-state index >= 15 is 0 Å². The van der Waals surface area contributed by atoms with Crippen molar-refractivity contribution in [2.45, 2.75) is 6.42 Å². The first-order valence-electron chi connectivity index (χ1n) is 11.8. The minimum Gasteiger partial charge on any atom is -0.396 e. The largest absolute Gasteiger partial charge is 0.396 e. The van der Waals surface area contributed by atoms with Crippen molar-refractivity contribution in [1.29, 1.82) is 0 Å². The Morgan fingerprint density at radius 3 is 2.45 bits per heavy atom. The van der Waals surface area contributed by atoms with E-state index in [2.05, 4.69) is 15.4 Å². The van der Waals surface area contributed by atoms with Crippen LogP contribution in [0.4, 0.5) is 10.2 Å². The number of nitrogens with zero attached hydrogens (tertiary/aromatic N) is 4. The summed E-state index contributed by atoms with van der Waals surface area (Å²) in [4.78, 5) is 32.0. The van der Waals surface area contributed by atoms with Gasteiger partial charge in [0.1, 0.15) is 11.6 Å². The summed E-state index contributed by atoms with van der Waals surface area (Å²) in [7, 11) is 0. The molecule has 38 heavy (non-hydrogen) atoms. The highest BCUT2D eigenvalue weighted by molar-refractivity contribution is 6.34. The van der Waals surface area contributed by atoms with Crippen molar-refractivity contribution in [1.82, 2.24) is 19.7 Å². The second-order valence-corrected chi connectivity index (χ2v) is 8.64. The molecule has 0 aliphatic carbocycles. The molecule has 0 aliphatic heterocycles. The zero-order valence-corrected chi connectivity index (χ0v) is 21.0. The molecule has 0 radical (unpaired) electrons. The smallest absolute Gasteiger partial charge is 0.274 e. The molecule has 196 valence electrons. The van der Waals surface area contributed by atoms with Gasteiger partial charge in [-0.1, -0.05) is 35.9 Å². The van der Waals surface area contributed by atoms with Crippen molar-refractivity contribution in [3.8, 4) is 16.9 Å². The number of carbonyl (C=O) groups excluding carboxylic acids is 2. The summed E-state index contributed by atoms with van der Waals surface area (Å²) in [6.07, 6.45) is 1.84. The van der Waals surface area contributed by atoms with Crippen LogP contribution in [-0.2, 0) is 0 Å². The number of pyridine rings is 1. The number of rotatable bonds is 10. The SMILES string of the molecule is O=C(Nc1cc(C(=O)N(CCO)CCCO)nn1-c1ccccc1)c1cc(-c2ccccn2)c(F)cc1Cl. The van der Waals surface area contributed by atoms with E-state index in [9.17, 15) is 19.1 Å². The Balaban J connectivity index is 1.70. The molecule has 4 aromatic rings. The standard InChI is InChI=1S/C27H25ClFN5O4/c28-21-16-22(29)20(23-9-4-5-10-30-23)15-19(21)26(37)31-25-17-24(27(38)33(12-14-36)11-6-13-35)32-34(25)18-7-2-1-3-8-18/h1-5,7-10,15-17,35-36H,6,11-14H2,(H,31,37). The average molecular weight is 538 g/mol. The second-order valence-electron chi connectivity index (χ2n) is 8.24. The summed E-state index contributed by atoms with van der Waals surface area (Å²) in [5.74, 6) is -1.57. The number of nitrogens with one attached hydrogen (secondary N) is 1. The molecule has 3 N–H and O–H groups in total. The van der Waals surface area contributed by atoms with Gasteiger partial charge in [-0.3, -0.25) is 14.6 Å². The summed E-state index contributed by atoms with van der Waals surface area (Å²) < 4.78 is 16.1. The van der Waals surface area contributed by atoms with E-state index < -0.39 is 17.6 Å². The molecule has 0 aliphatic rings. The van der Waals surface area contributed by atoms with Gasteiger partial charge in [0.2, 0.25) is 0 Å². The Morgan fingerprint density at radius 2 is 1.76 bits per heavy atom. The first-order chi connectivity index (χ1) is 18.4. The maximum absolute atomic E-state index is 14.7. The number of hydrogen-bond donors (Lipinski definition) is 3. The van der Waals surface area contributed by atoms with Crippen LogP contribution in [0.25, 0.3) is 16.9 Å². The van der Waals surface area contributed by atoms with Crippen LogP contribution in [0, 0.1) is 5.82 Å². The zero-order valence-electron chi connectivity index (χ0n) is 20.2. The quantitative estimate of drug-likeness (QED) is 0.283. The van der Waals surface area contributed by atoms with Crippen LogP contribution in [0.1, 0.15) is 27.3 Å². The van der Waals surface area contributed by atoms with E-state index in [1.165, 1.54) is 27.9 Å². The number of anilines is 1. The molecule has 0 saturated carbocycles. The monoisotopic (exact) mass is 537 g/mol. The lowest BCUT2D eigenvalue weighted by molar-refractivity contribution is 0.0703. The van der Waals surface area contributed by atoms with Gasteiger partial charge in [-0.05, 0) is 42.8 Å². The first-order valence-corrected chi connectivity index (χ1v) is 12.2. The summed E-state index contributed by atoms with van der Waals surface area (Å²) in [5.41, 5.74) is 1.05. The molecule has 11 heteroatoms. The lowest BCUT2D eigenvalue weighted by atomic mass is 10.1. The highest BCUT2D eigenvalue weighted by atomic mass is 35.5. The lowest BCUT2D eigenvalue weighted by Gasteiger charge is -2.20. The van der Waals surface area contributed by atoms with E-state index in [0.717, 1.165) is 6.07 Å². The molecule has 0 unspecified atom stereocenters. The van der Waals surface area contributed by atoms with Crippen LogP contribution in [0.15, 0.2) is 72.9 Å². The van der Waals surface area contributed by atoms with E-state index in [0.29, 0.717) is 17.8 Å². The fourth-order valence-corrected chi connectivity index (χ4v) is 4.06. The van der Waals surface area contributed by atoms with Crippen molar-refractivity contribution in [2.75, 3.05) is 31.6 Å². The van der Waals surface area contributed by atoms with Gasteiger partial charge in [-0.15, -0.1) is 0 Å². The second kappa shape index (κ2) is 12.4. The molecular formula is C27H25ClFN5O4. The van der Waals surface area contributed by atoms with Gasteiger partial charge < -0.3 is 20.4 Å². The number of benzene rings is 2. The molecule has 0 bridgehead atoms. The summed E-state index contributed by atoms with van der Waals surface area (Å²) in [6.45, 7) is -0.104. The number of halogens is 2. The summed E-state index contributed by atoms with van der Waals surface area (Å²) in [6, 6.07) is 17.7. The maximum atomic E-state index is 14.7. The van der Waals surface area contributed by atoms with Crippen molar-refractivity contribution in [2.24, 2.45) is 0 Å².